The van der Waals surface area contributed by atoms with E-state index in [1.54, 1.807) is 6.20 Å². The number of nitrogens with one attached hydrogen (secondary N) is 1. The molecule has 100 valence electrons. The highest BCUT2D eigenvalue weighted by atomic mass is 35.5. The smallest absolute Gasteiger partial charge is 0.129 e. The molecule has 0 saturated heterocycles. The lowest BCUT2D eigenvalue weighted by Crippen LogP contribution is -1.96. The number of para-hydroxylation sites is 1. The molecule has 0 aliphatic carbocycles. The summed E-state index contributed by atoms with van der Waals surface area (Å²) < 4.78 is 5.90. The molecule has 4 heteroatoms. The molecule has 1 N–H and O–H groups in total. The fraction of sp³-hybridized carbons (Fsp3) is 0.0625. The third kappa shape index (κ3) is 2.83. The molecule has 0 bridgehead atoms. The van der Waals surface area contributed by atoms with E-state index in [0.717, 1.165) is 27.6 Å². The van der Waals surface area contributed by atoms with Crippen molar-refractivity contribution in [3.63, 3.8) is 0 Å². The minimum absolute atomic E-state index is 0.502. The number of rotatable bonds is 4. The largest absolute Gasteiger partial charge is 0.488 e. The molecule has 0 aliphatic rings. The molecule has 0 unspecified atom stereocenters. The van der Waals surface area contributed by atoms with Crippen LogP contribution in [0.15, 0.2) is 60.8 Å². The van der Waals surface area contributed by atoms with Crippen LogP contribution < -0.4 is 4.74 Å². The van der Waals surface area contributed by atoms with Gasteiger partial charge in [-0.2, -0.15) is 5.10 Å². The molecule has 2 aromatic carbocycles. The number of nitrogens with zero attached hydrogens (tertiary/aromatic N) is 1. The molecule has 0 spiro atoms. The molecule has 1 aromatic heterocycles. The Bertz CT molecular complexity index is 678. The number of aromatic nitrogens is 2. The van der Waals surface area contributed by atoms with Crippen molar-refractivity contribution in [1.82, 2.24) is 10.2 Å². The Hall–Kier alpha value is -2.26. The molecule has 3 nitrogen and oxygen atoms in total. The van der Waals surface area contributed by atoms with Gasteiger partial charge in [-0.1, -0.05) is 35.9 Å². The van der Waals surface area contributed by atoms with Crippen LogP contribution in [-0.4, -0.2) is 10.2 Å². The van der Waals surface area contributed by atoms with Gasteiger partial charge in [0.2, 0.25) is 0 Å². The fourth-order valence-electron chi connectivity index (χ4n) is 1.96. The second-order valence-electron chi connectivity index (χ2n) is 4.38. The minimum Gasteiger partial charge on any atom is -0.488 e. The molecular weight excluding hydrogens is 272 g/mol. The zero-order valence-corrected chi connectivity index (χ0v) is 11.5. The van der Waals surface area contributed by atoms with Gasteiger partial charge in [-0.05, 0) is 35.9 Å². The summed E-state index contributed by atoms with van der Waals surface area (Å²) in [6.45, 7) is 0.502. The number of H-pyrrole nitrogens is 1. The number of ether oxygens (including phenoxy) is 1. The van der Waals surface area contributed by atoms with Gasteiger partial charge in [-0.15, -0.1) is 0 Å². The average molecular weight is 285 g/mol. The van der Waals surface area contributed by atoms with E-state index in [1.807, 2.05) is 54.6 Å². The van der Waals surface area contributed by atoms with Crippen LogP contribution in [0.5, 0.6) is 5.75 Å². The van der Waals surface area contributed by atoms with Gasteiger partial charge in [0.25, 0.3) is 0 Å². The third-order valence-corrected chi connectivity index (χ3v) is 3.24. The molecule has 0 amide bonds. The first-order valence-electron chi connectivity index (χ1n) is 6.29. The van der Waals surface area contributed by atoms with E-state index in [-0.39, 0.29) is 0 Å². The summed E-state index contributed by atoms with van der Waals surface area (Å²) >= 11 is 5.87. The molecule has 1 heterocycles. The lowest BCUT2D eigenvalue weighted by molar-refractivity contribution is 0.307. The van der Waals surface area contributed by atoms with E-state index < -0.39 is 0 Å². The summed E-state index contributed by atoms with van der Waals surface area (Å²) in [7, 11) is 0. The molecule has 20 heavy (non-hydrogen) atoms. The fourth-order valence-corrected chi connectivity index (χ4v) is 2.09. The summed E-state index contributed by atoms with van der Waals surface area (Å²) in [5.74, 6) is 0.826. The molecular formula is C16H13ClN2O. The number of benzene rings is 2. The average Bonchev–Trinajstić information content (AvgIpc) is 3.01. The van der Waals surface area contributed by atoms with Gasteiger partial charge in [0, 0.05) is 16.8 Å². The zero-order valence-electron chi connectivity index (χ0n) is 10.7. The van der Waals surface area contributed by atoms with Crippen molar-refractivity contribution in [3.8, 4) is 17.0 Å². The zero-order chi connectivity index (χ0) is 13.8. The van der Waals surface area contributed by atoms with Crippen molar-refractivity contribution in [1.29, 1.82) is 0 Å². The lowest BCUT2D eigenvalue weighted by Gasteiger charge is -2.10. The summed E-state index contributed by atoms with van der Waals surface area (Å²) in [4.78, 5) is 0. The molecule has 3 aromatic rings. The van der Waals surface area contributed by atoms with Crippen LogP contribution in [0.25, 0.3) is 11.3 Å². The first kappa shape index (κ1) is 12.8. The van der Waals surface area contributed by atoms with Gasteiger partial charge < -0.3 is 4.74 Å². The topological polar surface area (TPSA) is 37.9 Å². The van der Waals surface area contributed by atoms with Crippen LogP contribution in [0.2, 0.25) is 5.02 Å². The Kier molecular flexibility index (Phi) is 3.70. The van der Waals surface area contributed by atoms with Crippen LogP contribution in [0, 0.1) is 0 Å². The third-order valence-electron chi connectivity index (χ3n) is 2.99. The van der Waals surface area contributed by atoms with E-state index in [2.05, 4.69) is 10.2 Å². The Morgan fingerprint density at radius 3 is 2.55 bits per heavy atom. The van der Waals surface area contributed by atoms with E-state index in [4.69, 9.17) is 16.3 Å². The maximum atomic E-state index is 5.90. The summed E-state index contributed by atoms with van der Waals surface area (Å²) in [5.41, 5.74) is 3.02. The van der Waals surface area contributed by atoms with Gasteiger partial charge in [-0.3, -0.25) is 5.10 Å². The molecule has 0 atom stereocenters. The minimum atomic E-state index is 0.502. The molecule has 0 aliphatic heterocycles. The van der Waals surface area contributed by atoms with E-state index in [0.29, 0.717) is 6.61 Å². The van der Waals surface area contributed by atoms with Crippen LogP contribution >= 0.6 is 11.6 Å². The van der Waals surface area contributed by atoms with Crippen LogP contribution in [0.3, 0.4) is 0 Å². The lowest BCUT2D eigenvalue weighted by atomic mass is 10.1. The monoisotopic (exact) mass is 284 g/mol. The second-order valence-corrected chi connectivity index (χ2v) is 4.82. The van der Waals surface area contributed by atoms with E-state index in [1.165, 1.54) is 0 Å². The second kappa shape index (κ2) is 5.80. The quantitative estimate of drug-likeness (QED) is 0.775. The number of hydrogen-bond donors (Lipinski definition) is 1. The van der Waals surface area contributed by atoms with Gasteiger partial charge in [-0.25, -0.2) is 0 Å². The molecule has 0 radical (unpaired) electrons. The van der Waals surface area contributed by atoms with Crippen molar-refractivity contribution >= 4 is 11.6 Å². The van der Waals surface area contributed by atoms with E-state index >= 15 is 0 Å². The van der Waals surface area contributed by atoms with Crippen molar-refractivity contribution in [2.45, 2.75) is 6.61 Å². The van der Waals surface area contributed by atoms with Crippen molar-refractivity contribution < 1.29 is 4.74 Å². The summed E-state index contributed by atoms with van der Waals surface area (Å²) in [5, 5.41) is 7.65. The van der Waals surface area contributed by atoms with E-state index in [9.17, 15) is 0 Å². The van der Waals surface area contributed by atoms with Gasteiger partial charge >= 0.3 is 0 Å². The van der Waals surface area contributed by atoms with Crippen molar-refractivity contribution in [2.75, 3.05) is 0 Å². The SMILES string of the molecule is Clc1ccc(COc2ccccc2-c2ccn[nH]2)cc1. The maximum absolute atomic E-state index is 5.90. The predicted octanol–water partition coefficient (Wildman–Crippen LogP) is 4.31. The maximum Gasteiger partial charge on any atom is 0.129 e. The normalized spacial score (nSPS) is 10.4. The Morgan fingerprint density at radius 1 is 1.00 bits per heavy atom. The first-order valence-corrected chi connectivity index (χ1v) is 6.67. The molecule has 0 fully saturated rings. The summed E-state index contributed by atoms with van der Waals surface area (Å²) in [6.07, 6.45) is 1.73. The highest BCUT2D eigenvalue weighted by molar-refractivity contribution is 6.30. The first-order chi connectivity index (χ1) is 9.83. The van der Waals surface area contributed by atoms with Gasteiger partial charge in [0.1, 0.15) is 12.4 Å². The number of hydrogen-bond acceptors (Lipinski definition) is 2. The predicted molar refractivity (Wildman–Crippen MR) is 79.8 cm³/mol. The highest BCUT2D eigenvalue weighted by Crippen LogP contribution is 2.28. The van der Waals surface area contributed by atoms with Crippen molar-refractivity contribution in [2.24, 2.45) is 0 Å². The van der Waals surface area contributed by atoms with Crippen LogP contribution in [0.1, 0.15) is 5.56 Å². The number of halogens is 1. The summed E-state index contributed by atoms with van der Waals surface area (Å²) in [6, 6.07) is 17.5. The van der Waals surface area contributed by atoms with Gasteiger partial charge in [0.15, 0.2) is 0 Å². The Labute approximate surface area is 122 Å². The standard InChI is InChI=1S/C16H13ClN2O/c17-13-7-5-12(6-8-13)11-20-16-4-2-1-3-14(16)15-9-10-18-19-15/h1-10H,11H2,(H,18,19). The van der Waals surface area contributed by atoms with Crippen LogP contribution in [0.4, 0.5) is 0 Å². The van der Waals surface area contributed by atoms with Crippen LogP contribution in [-0.2, 0) is 6.61 Å². The number of aromatic amines is 1. The molecule has 0 saturated carbocycles. The van der Waals surface area contributed by atoms with Crippen molar-refractivity contribution in [3.05, 3.63) is 71.4 Å². The Morgan fingerprint density at radius 2 is 1.80 bits per heavy atom. The van der Waals surface area contributed by atoms with Gasteiger partial charge in [0.05, 0.1) is 5.69 Å². The highest BCUT2D eigenvalue weighted by Gasteiger charge is 2.06. The Balaban J connectivity index is 1.79. The molecule has 3 rings (SSSR count).